The molecule has 0 heterocycles. The average Bonchev–Trinajstić information content (AvgIpc) is 2.74. The third-order valence-corrected chi connectivity index (χ3v) is 4.31. The van der Waals surface area contributed by atoms with Crippen molar-refractivity contribution in [2.45, 2.75) is 52.0 Å². The summed E-state index contributed by atoms with van der Waals surface area (Å²) >= 11 is 0. The van der Waals surface area contributed by atoms with E-state index >= 15 is 0 Å². The van der Waals surface area contributed by atoms with Crippen molar-refractivity contribution in [1.82, 2.24) is 10.6 Å². The van der Waals surface area contributed by atoms with Crippen molar-refractivity contribution in [3.63, 3.8) is 0 Å². The summed E-state index contributed by atoms with van der Waals surface area (Å²) in [5.74, 6) is -3.61. The van der Waals surface area contributed by atoms with Gasteiger partial charge in [0.25, 0.3) is 5.91 Å². The van der Waals surface area contributed by atoms with Gasteiger partial charge in [-0.05, 0) is 33.3 Å². The van der Waals surface area contributed by atoms with Gasteiger partial charge < -0.3 is 19.9 Å². The van der Waals surface area contributed by atoms with E-state index in [1.807, 2.05) is 42.6 Å². The van der Waals surface area contributed by atoms with Gasteiger partial charge in [0.2, 0.25) is 12.1 Å². The molecule has 2 aromatic rings. The monoisotopic (exact) mass is 456 g/mol. The van der Waals surface area contributed by atoms with Crippen LogP contribution in [0.1, 0.15) is 43.6 Å². The first-order valence-corrected chi connectivity index (χ1v) is 10.3. The van der Waals surface area contributed by atoms with Crippen molar-refractivity contribution in [1.29, 1.82) is 0 Å². The van der Waals surface area contributed by atoms with Crippen LogP contribution < -0.4 is 10.6 Å². The van der Waals surface area contributed by atoms with Crippen LogP contribution in [0.3, 0.4) is 0 Å². The number of benzene rings is 2. The van der Waals surface area contributed by atoms with Gasteiger partial charge in [-0.2, -0.15) is 0 Å². The molecule has 0 aromatic heterocycles. The second kappa shape index (κ2) is 11.1. The van der Waals surface area contributed by atoms with Crippen molar-refractivity contribution in [2.75, 3.05) is 0 Å². The molecular weight excluding hydrogens is 428 g/mol. The van der Waals surface area contributed by atoms with Crippen molar-refractivity contribution >= 4 is 23.9 Å². The number of nitrogens with one attached hydrogen (secondary N) is 2. The van der Waals surface area contributed by atoms with Gasteiger partial charge in [-0.1, -0.05) is 60.2 Å². The number of alkyl carbamates (subject to hydrolysis) is 1. The molecule has 0 aliphatic heterocycles. The van der Waals surface area contributed by atoms with E-state index in [9.17, 15) is 24.3 Å². The molecule has 0 bridgehead atoms. The molecule has 0 saturated heterocycles. The lowest BCUT2D eigenvalue weighted by molar-refractivity contribution is -0.163. The second-order valence-corrected chi connectivity index (χ2v) is 8.35. The number of carboxylic acid groups (broad SMARTS) is 1. The number of hydrogen-bond donors (Lipinski definition) is 3. The second-order valence-electron chi connectivity index (χ2n) is 8.35. The third-order valence-electron chi connectivity index (χ3n) is 4.31. The summed E-state index contributed by atoms with van der Waals surface area (Å²) in [4.78, 5) is 49.1. The van der Waals surface area contributed by atoms with Crippen LogP contribution in [0.4, 0.5) is 4.79 Å². The highest BCUT2D eigenvalue weighted by Crippen LogP contribution is 2.20. The number of carboxylic acids is 1. The van der Waals surface area contributed by atoms with Crippen LogP contribution in [0.15, 0.2) is 54.6 Å². The van der Waals surface area contributed by atoms with E-state index in [-0.39, 0.29) is 6.54 Å². The minimum Gasteiger partial charge on any atom is -0.479 e. The van der Waals surface area contributed by atoms with Crippen molar-refractivity contribution in [2.24, 2.45) is 0 Å². The zero-order chi connectivity index (χ0) is 24.6. The Balaban J connectivity index is 2.19. The van der Waals surface area contributed by atoms with Crippen LogP contribution >= 0.6 is 0 Å². The summed E-state index contributed by atoms with van der Waals surface area (Å²) in [5.41, 5.74) is 1.19. The number of rotatable bonds is 8. The fourth-order valence-corrected chi connectivity index (χ4v) is 2.72. The Kier molecular flexibility index (Phi) is 8.56. The highest BCUT2D eigenvalue weighted by atomic mass is 16.6. The maximum Gasteiger partial charge on any atom is 0.408 e. The van der Waals surface area contributed by atoms with Gasteiger partial charge in [0.1, 0.15) is 5.60 Å². The number of carbonyl (C=O) groups is 4. The van der Waals surface area contributed by atoms with Gasteiger partial charge in [-0.15, -0.1) is 0 Å². The Morgan fingerprint density at radius 3 is 2.12 bits per heavy atom. The van der Waals surface area contributed by atoms with Gasteiger partial charge in [0.05, 0.1) is 0 Å². The minimum atomic E-state index is -2.06. The summed E-state index contributed by atoms with van der Waals surface area (Å²) in [6, 6.07) is 13.7. The minimum absolute atomic E-state index is 0.179. The summed E-state index contributed by atoms with van der Waals surface area (Å²) in [5, 5.41) is 14.1. The highest BCUT2D eigenvalue weighted by molar-refractivity contribution is 6.01. The van der Waals surface area contributed by atoms with Gasteiger partial charge in [-0.25, -0.2) is 14.4 Å². The first-order chi connectivity index (χ1) is 15.5. The van der Waals surface area contributed by atoms with Crippen molar-refractivity contribution in [3.8, 4) is 0 Å². The summed E-state index contributed by atoms with van der Waals surface area (Å²) < 4.78 is 10.3. The van der Waals surface area contributed by atoms with Crippen LogP contribution in [0.5, 0.6) is 0 Å². The van der Waals surface area contributed by atoms with E-state index in [4.69, 9.17) is 9.47 Å². The molecule has 176 valence electrons. The summed E-state index contributed by atoms with van der Waals surface area (Å²) in [7, 11) is 0. The Hall–Kier alpha value is -3.88. The number of esters is 1. The molecule has 2 amide bonds. The van der Waals surface area contributed by atoms with Crippen LogP contribution in [-0.2, 0) is 30.4 Å². The Bertz CT molecular complexity index is 982. The smallest absolute Gasteiger partial charge is 0.408 e. The molecule has 0 fully saturated rings. The normalized spacial score (nSPS) is 12.7. The van der Waals surface area contributed by atoms with Crippen LogP contribution in [0.2, 0.25) is 0 Å². The predicted molar refractivity (Wildman–Crippen MR) is 119 cm³/mol. The fraction of sp³-hybridized carbons (Fsp3) is 0.333. The van der Waals surface area contributed by atoms with Crippen molar-refractivity contribution < 1.29 is 33.8 Å². The number of aryl methyl sites for hydroxylation is 1. The van der Waals surface area contributed by atoms with E-state index < -0.39 is 41.7 Å². The molecule has 1 unspecified atom stereocenters. The Morgan fingerprint density at radius 1 is 0.970 bits per heavy atom. The molecule has 0 spiro atoms. The zero-order valence-electron chi connectivity index (χ0n) is 19.0. The molecule has 0 aliphatic carbocycles. The molecule has 9 heteroatoms. The lowest BCUT2D eigenvalue weighted by atomic mass is 10.1. The number of aliphatic carboxylic acids is 1. The maximum atomic E-state index is 12.9. The number of carbonyl (C=O) groups excluding carboxylic acids is 3. The zero-order valence-corrected chi connectivity index (χ0v) is 19.0. The molecule has 33 heavy (non-hydrogen) atoms. The van der Waals surface area contributed by atoms with Gasteiger partial charge in [-0.3, -0.25) is 10.1 Å². The lowest BCUT2D eigenvalue weighted by Crippen LogP contribution is -2.49. The van der Waals surface area contributed by atoms with Crippen LogP contribution in [-0.4, -0.2) is 40.7 Å². The molecular formula is C24H28N2O7. The fourth-order valence-electron chi connectivity index (χ4n) is 2.72. The summed E-state index contributed by atoms with van der Waals surface area (Å²) in [6.07, 6.45) is -2.53. The number of amides is 2. The first kappa shape index (κ1) is 25.4. The molecule has 0 saturated carbocycles. The molecule has 2 rings (SSSR count). The first-order valence-electron chi connectivity index (χ1n) is 10.3. The van der Waals surface area contributed by atoms with E-state index in [1.54, 1.807) is 45.0 Å². The van der Waals surface area contributed by atoms with Gasteiger partial charge in [0, 0.05) is 12.1 Å². The lowest BCUT2D eigenvalue weighted by Gasteiger charge is -2.23. The highest BCUT2D eigenvalue weighted by Gasteiger charge is 2.35. The largest absolute Gasteiger partial charge is 0.479 e. The molecule has 9 nitrogen and oxygen atoms in total. The average molecular weight is 456 g/mol. The Labute approximate surface area is 192 Å². The Morgan fingerprint density at radius 2 is 1.58 bits per heavy atom. The maximum absolute atomic E-state index is 12.9. The molecule has 2 aromatic carbocycles. The van der Waals surface area contributed by atoms with E-state index in [0.29, 0.717) is 5.56 Å². The van der Waals surface area contributed by atoms with E-state index in [0.717, 1.165) is 11.1 Å². The van der Waals surface area contributed by atoms with Crippen LogP contribution in [0, 0.1) is 6.92 Å². The standard InChI is InChI=1S/C24H28N2O7/c1-15-10-12-17(13-11-15)19(20(27)25-14-16-8-6-5-7-9-16)32-22(30)18(21(28)29)26-23(31)33-24(2,3)4/h5-13,18-19H,14H2,1-4H3,(H,25,27)(H,26,31)(H,28,29)/t18-,19?/m0/s1. The molecule has 0 aliphatic rings. The van der Waals surface area contributed by atoms with Gasteiger partial charge in [0.15, 0.2) is 0 Å². The number of ether oxygens (including phenoxy) is 2. The molecule has 3 N–H and O–H groups in total. The van der Waals surface area contributed by atoms with Crippen molar-refractivity contribution in [3.05, 3.63) is 71.3 Å². The summed E-state index contributed by atoms with van der Waals surface area (Å²) in [6.45, 7) is 6.80. The SMILES string of the molecule is Cc1ccc(C(OC(=O)[C@@H](NC(=O)OC(C)(C)C)C(=O)O)C(=O)NCc2ccccc2)cc1. The van der Waals surface area contributed by atoms with E-state index in [2.05, 4.69) is 5.32 Å². The predicted octanol–water partition coefficient (Wildman–Crippen LogP) is 2.87. The number of hydrogen-bond acceptors (Lipinski definition) is 6. The quantitative estimate of drug-likeness (QED) is 0.411. The van der Waals surface area contributed by atoms with Crippen LogP contribution in [0.25, 0.3) is 0 Å². The third kappa shape index (κ3) is 8.29. The topological polar surface area (TPSA) is 131 Å². The molecule has 2 atom stereocenters. The molecule has 0 radical (unpaired) electrons. The van der Waals surface area contributed by atoms with E-state index in [1.165, 1.54) is 0 Å². The van der Waals surface area contributed by atoms with Gasteiger partial charge >= 0.3 is 18.0 Å².